The molecule has 0 radical (unpaired) electrons. The lowest BCUT2D eigenvalue weighted by atomic mass is 10.2. The highest BCUT2D eigenvalue weighted by atomic mass is 16.5. The lowest BCUT2D eigenvalue weighted by molar-refractivity contribution is -0.123. The molecule has 1 N–H and O–H groups in total. The summed E-state index contributed by atoms with van der Waals surface area (Å²) in [5.41, 5.74) is 0.910. The van der Waals surface area contributed by atoms with Gasteiger partial charge in [0.1, 0.15) is 6.07 Å². The maximum Gasteiger partial charge on any atom is 0.339 e. The maximum absolute atomic E-state index is 12.4. The summed E-state index contributed by atoms with van der Waals surface area (Å²) in [7, 11) is 1.48. The van der Waals surface area contributed by atoms with Gasteiger partial charge in [-0.05, 0) is 43.2 Å². The zero-order valence-corrected chi connectivity index (χ0v) is 16.9. The van der Waals surface area contributed by atoms with Crippen LogP contribution in [0.5, 0.6) is 11.5 Å². The van der Waals surface area contributed by atoms with E-state index < -0.39 is 18.0 Å². The quantitative estimate of drug-likeness (QED) is 0.682. The molecule has 0 aromatic heterocycles. The molecule has 0 aliphatic heterocycles. The molecule has 0 saturated carbocycles. The lowest BCUT2D eigenvalue weighted by Gasteiger charge is -2.16. The minimum atomic E-state index is -1.06. The van der Waals surface area contributed by atoms with Gasteiger partial charge in [-0.1, -0.05) is 26.0 Å². The number of benzene rings is 2. The summed E-state index contributed by atoms with van der Waals surface area (Å²) in [6.07, 6.45) is -1.06. The number of anilines is 1. The van der Waals surface area contributed by atoms with Crippen LogP contribution in [-0.4, -0.2) is 31.7 Å². The molecule has 1 amide bonds. The van der Waals surface area contributed by atoms with Crippen LogP contribution in [0.25, 0.3) is 0 Å². The third-order valence-corrected chi connectivity index (χ3v) is 3.93. The van der Waals surface area contributed by atoms with Crippen LogP contribution in [0.2, 0.25) is 0 Å². The van der Waals surface area contributed by atoms with Crippen LogP contribution in [0, 0.1) is 17.2 Å². The standard InChI is InChI=1S/C22H24N2O5/c1-14(2)13-28-19-10-9-16(11-20(19)27-4)22(26)29-15(3)21(25)24-18-8-6-5-7-17(18)12-23/h5-11,14-15H,13H2,1-4H3,(H,24,25). The van der Waals surface area contributed by atoms with Gasteiger partial charge in [-0.2, -0.15) is 5.26 Å². The smallest absolute Gasteiger partial charge is 0.339 e. The molecule has 29 heavy (non-hydrogen) atoms. The molecule has 0 aliphatic rings. The molecular formula is C22H24N2O5. The molecule has 7 heteroatoms. The minimum absolute atomic E-state index is 0.232. The second kappa shape index (κ2) is 10.1. The minimum Gasteiger partial charge on any atom is -0.493 e. The van der Waals surface area contributed by atoms with Crippen LogP contribution in [0.4, 0.5) is 5.69 Å². The Labute approximate surface area is 170 Å². The summed E-state index contributed by atoms with van der Waals surface area (Å²) in [4.78, 5) is 24.8. The summed E-state index contributed by atoms with van der Waals surface area (Å²) >= 11 is 0. The number of amides is 1. The number of hydrogen-bond donors (Lipinski definition) is 1. The van der Waals surface area contributed by atoms with Gasteiger partial charge in [0, 0.05) is 0 Å². The first-order chi connectivity index (χ1) is 13.8. The van der Waals surface area contributed by atoms with Crippen molar-refractivity contribution < 1.29 is 23.8 Å². The summed E-state index contributed by atoms with van der Waals surface area (Å²) in [6, 6.07) is 13.3. The Morgan fingerprint density at radius 2 is 1.83 bits per heavy atom. The van der Waals surface area contributed by atoms with Gasteiger partial charge in [-0.25, -0.2) is 4.79 Å². The van der Waals surface area contributed by atoms with E-state index in [0.717, 1.165) is 0 Å². The van der Waals surface area contributed by atoms with E-state index in [1.807, 2.05) is 19.9 Å². The molecule has 2 rings (SSSR count). The maximum atomic E-state index is 12.4. The molecule has 0 saturated heterocycles. The van der Waals surface area contributed by atoms with Crippen molar-refractivity contribution in [2.75, 3.05) is 19.0 Å². The second-order valence-electron chi connectivity index (χ2n) is 6.76. The van der Waals surface area contributed by atoms with E-state index >= 15 is 0 Å². The Morgan fingerprint density at radius 1 is 1.10 bits per heavy atom. The number of rotatable bonds is 8. The van der Waals surface area contributed by atoms with Crippen LogP contribution in [-0.2, 0) is 9.53 Å². The van der Waals surface area contributed by atoms with E-state index in [4.69, 9.17) is 19.5 Å². The van der Waals surface area contributed by atoms with Crippen molar-refractivity contribution >= 4 is 17.6 Å². The fourth-order valence-electron chi connectivity index (χ4n) is 2.38. The fraction of sp³-hybridized carbons (Fsp3) is 0.318. The third kappa shape index (κ3) is 5.98. The van der Waals surface area contributed by atoms with Crippen molar-refractivity contribution in [3.8, 4) is 17.6 Å². The van der Waals surface area contributed by atoms with Crippen LogP contribution in [0.3, 0.4) is 0 Å². The SMILES string of the molecule is COc1cc(C(=O)OC(C)C(=O)Nc2ccccc2C#N)ccc1OCC(C)C. The van der Waals surface area contributed by atoms with Crippen molar-refractivity contribution in [3.63, 3.8) is 0 Å². The van der Waals surface area contributed by atoms with E-state index in [2.05, 4.69) is 5.32 Å². The van der Waals surface area contributed by atoms with E-state index in [9.17, 15) is 9.59 Å². The zero-order chi connectivity index (χ0) is 21.4. The summed E-state index contributed by atoms with van der Waals surface area (Å²) in [5.74, 6) is 0.0616. The van der Waals surface area contributed by atoms with Crippen LogP contribution >= 0.6 is 0 Å². The molecule has 2 aromatic rings. The molecule has 0 spiro atoms. The number of methoxy groups -OCH3 is 1. The van der Waals surface area contributed by atoms with Gasteiger partial charge in [-0.15, -0.1) is 0 Å². The Balaban J connectivity index is 2.05. The van der Waals surface area contributed by atoms with Gasteiger partial charge in [0.05, 0.1) is 30.5 Å². The average Bonchev–Trinajstić information content (AvgIpc) is 2.72. The van der Waals surface area contributed by atoms with Crippen molar-refractivity contribution in [1.82, 2.24) is 0 Å². The van der Waals surface area contributed by atoms with Gasteiger partial charge in [0.25, 0.3) is 5.91 Å². The summed E-state index contributed by atoms with van der Waals surface area (Å²) in [6.45, 7) is 6.03. The molecule has 0 heterocycles. The highest BCUT2D eigenvalue weighted by molar-refractivity contribution is 5.98. The van der Waals surface area contributed by atoms with Gasteiger partial charge in [0.2, 0.25) is 0 Å². The van der Waals surface area contributed by atoms with E-state index in [1.54, 1.807) is 36.4 Å². The first-order valence-electron chi connectivity index (χ1n) is 9.17. The number of hydrogen-bond acceptors (Lipinski definition) is 6. The predicted octanol–water partition coefficient (Wildman–Crippen LogP) is 3.79. The molecular weight excluding hydrogens is 372 g/mol. The normalized spacial score (nSPS) is 11.3. The van der Waals surface area contributed by atoms with Gasteiger partial charge in [0.15, 0.2) is 17.6 Å². The number of nitriles is 1. The largest absolute Gasteiger partial charge is 0.493 e. The predicted molar refractivity (Wildman–Crippen MR) is 108 cm³/mol. The number of ether oxygens (including phenoxy) is 3. The molecule has 1 atom stereocenters. The van der Waals surface area contributed by atoms with E-state index in [0.29, 0.717) is 35.3 Å². The Morgan fingerprint density at radius 3 is 2.48 bits per heavy atom. The van der Waals surface area contributed by atoms with Crippen molar-refractivity contribution in [2.45, 2.75) is 26.9 Å². The highest BCUT2D eigenvalue weighted by Crippen LogP contribution is 2.29. The molecule has 152 valence electrons. The Kier molecular flexibility index (Phi) is 7.61. The second-order valence-corrected chi connectivity index (χ2v) is 6.76. The fourth-order valence-corrected chi connectivity index (χ4v) is 2.38. The topological polar surface area (TPSA) is 97.6 Å². The number of carbonyl (C=O) groups excluding carboxylic acids is 2. The van der Waals surface area contributed by atoms with Gasteiger partial charge >= 0.3 is 5.97 Å². The highest BCUT2D eigenvalue weighted by Gasteiger charge is 2.21. The number of para-hydroxylation sites is 1. The molecule has 0 bridgehead atoms. The Bertz CT molecular complexity index is 918. The van der Waals surface area contributed by atoms with Gasteiger partial charge < -0.3 is 19.5 Å². The third-order valence-electron chi connectivity index (χ3n) is 3.93. The first-order valence-corrected chi connectivity index (χ1v) is 9.17. The molecule has 1 unspecified atom stereocenters. The van der Waals surface area contributed by atoms with Crippen molar-refractivity contribution in [2.24, 2.45) is 5.92 Å². The summed E-state index contributed by atoms with van der Waals surface area (Å²) in [5, 5.41) is 11.7. The number of carbonyl (C=O) groups is 2. The zero-order valence-electron chi connectivity index (χ0n) is 16.9. The Hall–Kier alpha value is -3.53. The van der Waals surface area contributed by atoms with Crippen LogP contribution < -0.4 is 14.8 Å². The number of nitrogens with zero attached hydrogens (tertiary/aromatic N) is 1. The van der Waals surface area contributed by atoms with Crippen molar-refractivity contribution in [3.05, 3.63) is 53.6 Å². The molecule has 2 aromatic carbocycles. The monoisotopic (exact) mass is 396 g/mol. The average molecular weight is 396 g/mol. The molecule has 0 fully saturated rings. The van der Waals surface area contributed by atoms with E-state index in [1.165, 1.54) is 20.1 Å². The summed E-state index contributed by atoms with van der Waals surface area (Å²) < 4.78 is 16.2. The number of nitrogens with one attached hydrogen (secondary N) is 1. The molecule has 7 nitrogen and oxygen atoms in total. The first kappa shape index (κ1) is 21.8. The van der Waals surface area contributed by atoms with Crippen LogP contribution in [0.15, 0.2) is 42.5 Å². The van der Waals surface area contributed by atoms with Gasteiger partial charge in [-0.3, -0.25) is 4.79 Å². The lowest BCUT2D eigenvalue weighted by Crippen LogP contribution is -2.30. The number of esters is 1. The van der Waals surface area contributed by atoms with E-state index in [-0.39, 0.29) is 5.56 Å². The molecule has 0 aliphatic carbocycles. The van der Waals surface area contributed by atoms with Crippen molar-refractivity contribution in [1.29, 1.82) is 5.26 Å². The van der Waals surface area contributed by atoms with Crippen LogP contribution in [0.1, 0.15) is 36.7 Å².